The maximum absolute atomic E-state index is 12.6. The van der Waals surface area contributed by atoms with Gasteiger partial charge in [-0.2, -0.15) is 4.98 Å². The largest absolute Gasteiger partial charge is 0.353 e. The zero-order valence-electron chi connectivity index (χ0n) is 17.8. The number of ketones is 1. The van der Waals surface area contributed by atoms with E-state index in [9.17, 15) is 4.79 Å². The average molecular weight is 421 g/mol. The lowest BCUT2D eigenvalue weighted by molar-refractivity contribution is 0.0977. The Balaban J connectivity index is 1.42. The van der Waals surface area contributed by atoms with Crippen LogP contribution in [-0.2, 0) is 0 Å². The third-order valence-electron chi connectivity index (χ3n) is 6.19. The minimum atomic E-state index is 0.147. The summed E-state index contributed by atoms with van der Waals surface area (Å²) in [5.74, 6) is 2.08. The van der Waals surface area contributed by atoms with E-state index < -0.39 is 0 Å². The fraction of sp³-hybridized carbons (Fsp3) is 0.500. The summed E-state index contributed by atoms with van der Waals surface area (Å²) >= 11 is 0. The third kappa shape index (κ3) is 3.97. The van der Waals surface area contributed by atoms with E-state index in [-0.39, 0.29) is 5.78 Å². The summed E-state index contributed by atoms with van der Waals surface area (Å²) in [5.41, 5.74) is 1.56. The van der Waals surface area contributed by atoms with Crippen LogP contribution in [0.5, 0.6) is 0 Å². The van der Waals surface area contributed by atoms with Gasteiger partial charge in [-0.15, -0.1) is 0 Å². The molecule has 1 aliphatic heterocycles. The molecule has 1 aliphatic carbocycles. The zero-order valence-corrected chi connectivity index (χ0v) is 17.8. The topological polar surface area (TPSA) is 101 Å². The van der Waals surface area contributed by atoms with E-state index in [4.69, 9.17) is 4.98 Å². The van der Waals surface area contributed by atoms with Crippen molar-refractivity contribution in [2.24, 2.45) is 0 Å². The van der Waals surface area contributed by atoms with Crippen LogP contribution in [0.1, 0.15) is 55.6 Å². The summed E-state index contributed by atoms with van der Waals surface area (Å²) < 4.78 is 2.14. The van der Waals surface area contributed by atoms with E-state index in [2.05, 4.69) is 35.1 Å². The monoisotopic (exact) mass is 420 g/mol. The molecule has 1 saturated heterocycles. The number of rotatable bonds is 6. The highest BCUT2D eigenvalue weighted by atomic mass is 16.1. The molecule has 31 heavy (non-hydrogen) atoms. The first-order valence-corrected chi connectivity index (χ1v) is 11.2. The standard InChI is InChI=1S/C22H28N8O/c1-2-18(31)17-11-15-12-26-22(28-21(15)30(17)16-5-3-4-6-16)27-19-13-25-20(14-24-19)29-9-7-23-8-10-29/h11-14,16,23H,2-10H2,1H3,(H,24,26,27,28). The Morgan fingerprint density at radius 2 is 1.94 bits per heavy atom. The number of hydrogen-bond acceptors (Lipinski definition) is 8. The Kier molecular flexibility index (Phi) is 5.50. The molecule has 9 nitrogen and oxygen atoms in total. The van der Waals surface area contributed by atoms with Crippen LogP contribution in [0, 0.1) is 0 Å². The Morgan fingerprint density at radius 3 is 2.65 bits per heavy atom. The molecule has 0 bridgehead atoms. The van der Waals surface area contributed by atoms with Gasteiger partial charge in [0.2, 0.25) is 5.95 Å². The molecule has 2 N–H and O–H groups in total. The van der Waals surface area contributed by atoms with Gasteiger partial charge < -0.3 is 20.1 Å². The number of anilines is 3. The number of nitrogens with zero attached hydrogens (tertiary/aromatic N) is 6. The highest BCUT2D eigenvalue weighted by molar-refractivity contribution is 5.99. The van der Waals surface area contributed by atoms with Crippen molar-refractivity contribution >= 4 is 34.4 Å². The van der Waals surface area contributed by atoms with Crippen molar-refractivity contribution in [3.05, 3.63) is 30.4 Å². The number of fused-ring (bicyclic) bond motifs is 1. The fourth-order valence-electron chi connectivity index (χ4n) is 4.55. The Hall–Kier alpha value is -3.07. The van der Waals surface area contributed by atoms with Gasteiger partial charge in [-0.05, 0) is 18.9 Å². The predicted octanol–water partition coefficient (Wildman–Crippen LogP) is 3.08. The van der Waals surface area contributed by atoms with Crippen molar-refractivity contribution in [3.8, 4) is 0 Å². The first kappa shape index (κ1) is 19.9. The van der Waals surface area contributed by atoms with Crippen LogP contribution >= 0.6 is 0 Å². The molecule has 0 unspecified atom stereocenters. The van der Waals surface area contributed by atoms with Gasteiger partial charge in [-0.1, -0.05) is 19.8 Å². The normalized spacial score (nSPS) is 17.4. The van der Waals surface area contributed by atoms with E-state index in [0.29, 0.717) is 24.2 Å². The minimum absolute atomic E-state index is 0.147. The number of hydrogen-bond donors (Lipinski definition) is 2. The smallest absolute Gasteiger partial charge is 0.230 e. The molecule has 0 aromatic carbocycles. The molecule has 3 aromatic heterocycles. The molecule has 0 atom stereocenters. The van der Waals surface area contributed by atoms with Crippen LogP contribution in [-0.4, -0.2) is 56.5 Å². The van der Waals surface area contributed by atoms with Crippen LogP contribution in [0.3, 0.4) is 0 Å². The molecule has 2 fully saturated rings. The first-order chi connectivity index (χ1) is 15.2. The van der Waals surface area contributed by atoms with Crippen LogP contribution < -0.4 is 15.5 Å². The Labute approximate surface area is 181 Å². The van der Waals surface area contributed by atoms with Gasteiger partial charge in [0.1, 0.15) is 11.5 Å². The van der Waals surface area contributed by atoms with Crippen LogP contribution in [0.2, 0.25) is 0 Å². The summed E-state index contributed by atoms with van der Waals surface area (Å²) in [4.78, 5) is 33.1. The SMILES string of the molecule is CCC(=O)c1cc2cnc(Nc3cnc(N4CCNCC4)cn3)nc2n1C1CCCC1. The zero-order chi connectivity index (χ0) is 21.2. The maximum Gasteiger partial charge on any atom is 0.230 e. The van der Waals surface area contributed by atoms with Gasteiger partial charge >= 0.3 is 0 Å². The second-order valence-corrected chi connectivity index (χ2v) is 8.21. The van der Waals surface area contributed by atoms with Crippen molar-refractivity contribution in [1.29, 1.82) is 0 Å². The number of nitrogens with one attached hydrogen (secondary N) is 2. The highest BCUT2D eigenvalue weighted by Gasteiger charge is 2.25. The summed E-state index contributed by atoms with van der Waals surface area (Å²) in [6, 6.07) is 2.26. The van der Waals surface area contributed by atoms with Crippen molar-refractivity contribution < 1.29 is 4.79 Å². The lowest BCUT2D eigenvalue weighted by atomic mass is 10.2. The minimum Gasteiger partial charge on any atom is -0.353 e. The second kappa shape index (κ2) is 8.58. The summed E-state index contributed by atoms with van der Waals surface area (Å²) in [6.07, 6.45) is 10.3. The van der Waals surface area contributed by atoms with Crippen molar-refractivity contribution in [3.63, 3.8) is 0 Å². The number of carbonyl (C=O) groups excluding carboxylic acids is 1. The van der Waals surface area contributed by atoms with Crippen molar-refractivity contribution in [1.82, 2.24) is 29.8 Å². The van der Waals surface area contributed by atoms with E-state index in [0.717, 1.165) is 61.6 Å². The molecule has 1 saturated carbocycles. The molecule has 3 aromatic rings. The van der Waals surface area contributed by atoms with Gasteiger partial charge in [0.05, 0.1) is 18.1 Å². The number of piperazine rings is 1. The molecular formula is C22H28N8O. The lowest BCUT2D eigenvalue weighted by Crippen LogP contribution is -2.43. The molecule has 162 valence electrons. The summed E-state index contributed by atoms with van der Waals surface area (Å²) in [6.45, 7) is 5.67. The van der Waals surface area contributed by atoms with Gasteiger partial charge in [0.25, 0.3) is 0 Å². The number of carbonyl (C=O) groups is 1. The fourth-order valence-corrected chi connectivity index (χ4v) is 4.55. The van der Waals surface area contributed by atoms with Gasteiger partial charge in [0.15, 0.2) is 11.6 Å². The number of Topliss-reactive ketones (excluding diaryl/α,β-unsaturated/α-hetero) is 1. The molecule has 4 heterocycles. The molecule has 9 heteroatoms. The first-order valence-electron chi connectivity index (χ1n) is 11.2. The lowest BCUT2D eigenvalue weighted by Gasteiger charge is -2.28. The van der Waals surface area contributed by atoms with Crippen LogP contribution in [0.15, 0.2) is 24.7 Å². The Morgan fingerprint density at radius 1 is 1.13 bits per heavy atom. The second-order valence-electron chi connectivity index (χ2n) is 8.21. The predicted molar refractivity (Wildman–Crippen MR) is 120 cm³/mol. The van der Waals surface area contributed by atoms with Crippen LogP contribution in [0.4, 0.5) is 17.6 Å². The molecule has 0 radical (unpaired) electrons. The Bertz CT molecular complexity index is 1070. The van der Waals surface area contributed by atoms with E-state index >= 15 is 0 Å². The maximum atomic E-state index is 12.6. The summed E-state index contributed by atoms with van der Waals surface area (Å²) in [7, 11) is 0. The molecule has 2 aliphatic rings. The quantitative estimate of drug-likeness (QED) is 0.587. The molecule has 0 spiro atoms. The highest BCUT2D eigenvalue weighted by Crippen LogP contribution is 2.35. The van der Waals surface area contributed by atoms with Gasteiger partial charge in [0, 0.05) is 50.2 Å². The average Bonchev–Trinajstić information content (AvgIpc) is 3.47. The van der Waals surface area contributed by atoms with Crippen molar-refractivity contribution in [2.45, 2.75) is 45.1 Å². The van der Waals surface area contributed by atoms with Gasteiger partial charge in [-0.25, -0.2) is 15.0 Å². The molecule has 0 amide bonds. The van der Waals surface area contributed by atoms with E-state index in [1.165, 1.54) is 12.8 Å². The molecule has 5 rings (SSSR count). The van der Waals surface area contributed by atoms with Crippen LogP contribution in [0.25, 0.3) is 11.0 Å². The van der Waals surface area contributed by atoms with E-state index in [1.807, 2.05) is 13.0 Å². The summed E-state index contributed by atoms with van der Waals surface area (Å²) in [5, 5.41) is 7.41. The number of aromatic nitrogens is 5. The van der Waals surface area contributed by atoms with E-state index in [1.54, 1.807) is 18.6 Å². The van der Waals surface area contributed by atoms with Gasteiger partial charge in [-0.3, -0.25) is 4.79 Å². The molecular weight excluding hydrogens is 392 g/mol. The third-order valence-corrected chi connectivity index (χ3v) is 6.19. The van der Waals surface area contributed by atoms with Crippen molar-refractivity contribution in [2.75, 3.05) is 36.4 Å².